The molecule has 0 saturated carbocycles. The average molecular weight is 267 g/mol. The number of piperazine rings is 1. The monoisotopic (exact) mass is 266 g/mol. The average Bonchev–Trinajstić information content (AvgIpc) is 2.85. The fourth-order valence-electron chi connectivity index (χ4n) is 2.97. The first-order valence-electron chi connectivity index (χ1n) is 6.71. The number of aryl methyl sites for hydroxylation is 1. The van der Waals surface area contributed by atoms with E-state index in [0.717, 1.165) is 57.5 Å². The summed E-state index contributed by atoms with van der Waals surface area (Å²) in [4.78, 5) is 2.36. The molecule has 98 valence electrons. The van der Waals surface area contributed by atoms with Gasteiger partial charge < -0.3 is 10.4 Å². The van der Waals surface area contributed by atoms with Crippen LogP contribution in [0.4, 0.5) is 0 Å². The lowest BCUT2D eigenvalue weighted by Crippen LogP contribution is -2.42. The first-order chi connectivity index (χ1) is 8.75. The van der Waals surface area contributed by atoms with Gasteiger partial charge in [-0.15, -0.1) is 0 Å². The lowest BCUT2D eigenvalue weighted by atomic mass is 10.0. The molecule has 1 aliphatic carbocycles. The lowest BCUT2D eigenvalue weighted by Gasteiger charge is -2.27. The van der Waals surface area contributed by atoms with Crippen molar-refractivity contribution in [2.24, 2.45) is 0 Å². The number of phenolic OH excluding ortho intramolecular Hbond substituents is 1. The zero-order chi connectivity index (χ0) is 12.5. The molecule has 4 heteroatoms. The van der Waals surface area contributed by atoms with E-state index in [1.807, 2.05) is 0 Å². The van der Waals surface area contributed by atoms with Crippen molar-refractivity contribution in [2.45, 2.75) is 25.8 Å². The molecule has 0 unspecified atom stereocenters. The summed E-state index contributed by atoms with van der Waals surface area (Å²) in [6, 6.07) is 2.16. The van der Waals surface area contributed by atoms with E-state index in [-0.39, 0.29) is 0 Å². The summed E-state index contributed by atoms with van der Waals surface area (Å²) in [7, 11) is 0. The van der Waals surface area contributed by atoms with Crippen molar-refractivity contribution in [1.29, 1.82) is 0 Å². The van der Waals surface area contributed by atoms with Gasteiger partial charge in [-0.2, -0.15) is 0 Å². The number of rotatable bonds is 2. The molecule has 0 atom stereocenters. The van der Waals surface area contributed by atoms with Crippen LogP contribution in [0, 0.1) is 0 Å². The van der Waals surface area contributed by atoms with E-state index in [0.29, 0.717) is 10.8 Å². The number of fused-ring (bicyclic) bond motifs is 1. The number of nitrogens with zero attached hydrogens (tertiary/aromatic N) is 1. The van der Waals surface area contributed by atoms with Gasteiger partial charge in [-0.3, -0.25) is 4.90 Å². The van der Waals surface area contributed by atoms with Crippen molar-refractivity contribution in [3.8, 4) is 5.75 Å². The molecule has 1 aromatic carbocycles. The highest BCUT2D eigenvalue weighted by atomic mass is 35.5. The van der Waals surface area contributed by atoms with E-state index >= 15 is 0 Å². The standard InChI is InChI=1S/C14H19ClN2O/c15-13-12-3-1-2-10(12)8-11(14(13)18)9-17-6-4-16-5-7-17/h8,16,18H,1-7,9H2. The van der Waals surface area contributed by atoms with E-state index in [4.69, 9.17) is 11.6 Å². The molecular formula is C14H19ClN2O. The first-order valence-corrected chi connectivity index (χ1v) is 7.08. The second-order valence-corrected chi connectivity index (χ2v) is 5.59. The molecule has 1 saturated heterocycles. The van der Waals surface area contributed by atoms with Crippen LogP contribution < -0.4 is 5.32 Å². The predicted molar refractivity (Wildman–Crippen MR) is 73.3 cm³/mol. The topological polar surface area (TPSA) is 35.5 Å². The molecule has 2 aliphatic rings. The normalized spacial score (nSPS) is 20.1. The summed E-state index contributed by atoms with van der Waals surface area (Å²) >= 11 is 6.28. The Hall–Kier alpha value is -0.770. The van der Waals surface area contributed by atoms with Gasteiger partial charge in [0.25, 0.3) is 0 Å². The van der Waals surface area contributed by atoms with Crippen LogP contribution in [0.5, 0.6) is 5.75 Å². The second kappa shape index (κ2) is 5.08. The van der Waals surface area contributed by atoms with Crippen molar-refractivity contribution in [1.82, 2.24) is 10.2 Å². The third-order valence-corrected chi connectivity index (χ3v) is 4.40. The van der Waals surface area contributed by atoms with Crippen LogP contribution in [0.3, 0.4) is 0 Å². The summed E-state index contributed by atoms with van der Waals surface area (Å²) in [5.41, 5.74) is 3.49. The maximum Gasteiger partial charge on any atom is 0.138 e. The second-order valence-electron chi connectivity index (χ2n) is 5.22. The van der Waals surface area contributed by atoms with Crippen LogP contribution in [0.2, 0.25) is 5.02 Å². The largest absolute Gasteiger partial charge is 0.506 e. The van der Waals surface area contributed by atoms with Crippen LogP contribution in [0.15, 0.2) is 6.07 Å². The van der Waals surface area contributed by atoms with Gasteiger partial charge in [0.15, 0.2) is 0 Å². The molecule has 0 aromatic heterocycles. The van der Waals surface area contributed by atoms with Crippen molar-refractivity contribution in [3.63, 3.8) is 0 Å². The highest BCUT2D eigenvalue weighted by Crippen LogP contribution is 2.38. The van der Waals surface area contributed by atoms with Gasteiger partial charge >= 0.3 is 0 Å². The molecule has 1 aromatic rings. The third kappa shape index (κ3) is 2.22. The van der Waals surface area contributed by atoms with Crippen molar-refractivity contribution >= 4 is 11.6 Å². The molecule has 0 bridgehead atoms. The number of benzene rings is 1. The first kappa shape index (κ1) is 12.3. The summed E-state index contributed by atoms with van der Waals surface area (Å²) in [5.74, 6) is 0.302. The van der Waals surface area contributed by atoms with Crippen LogP contribution in [-0.4, -0.2) is 36.2 Å². The Morgan fingerprint density at radius 1 is 1.28 bits per heavy atom. The SMILES string of the molecule is Oc1c(CN2CCNCC2)cc2c(c1Cl)CCC2. The Kier molecular flexibility index (Phi) is 3.46. The highest BCUT2D eigenvalue weighted by molar-refractivity contribution is 6.33. The summed E-state index contributed by atoms with van der Waals surface area (Å²) in [6.45, 7) is 4.93. The van der Waals surface area contributed by atoms with Gasteiger partial charge in [-0.05, 0) is 30.4 Å². The summed E-state index contributed by atoms with van der Waals surface area (Å²) < 4.78 is 0. The number of phenols is 1. The van der Waals surface area contributed by atoms with Crippen LogP contribution in [0.25, 0.3) is 0 Å². The van der Waals surface area contributed by atoms with E-state index in [9.17, 15) is 5.11 Å². The van der Waals surface area contributed by atoms with Gasteiger partial charge in [0.2, 0.25) is 0 Å². The predicted octanol–water partition coefficient (Wildman–Crippen LogP) is 1.94. The Morgan fingerprint density at radius 3 is 2.83 bits per heavy atom. The Morgan fingerprint density at radius 2 is 2.06 bits per heavy atom. The molecule has 2 N–H and O–H groups in total. The number of aromatic hydroxyl groups is 1. The van der Waals surface area contributed by atoms with Crippen molar-refractivity contribution in [2.75, 3.05) is 26.2 Å². The van der Waals surface area contributed by atoms with E-state index in [2.05, 4.69) is 16.3 Å². The minimum atomic E-state index is 0.302. The van der Waals surface area contributed by atoms with E-state index in [1.165, 1.54) is 11.1 Å². The minimum Gasteiger partial charge on any atom is -0.506 e. The maximum atomic E-state index is 10.2. The molecule has 1 heterocycles. The van der Waals surface area contributed by atoms with E-state index in [1.54, 1.807) is 0 Å². The maximum absolute atomic E-state index is 10.2. The molecule has 0 spiro atoms. The zero-order valence-corrected chi connectivity index (χ0v) is 11.3. The molecule has 1 fully saturated rings. The Bertz CT molecular complexity index is 456. The molecule has 0 amide bonds. The van der Waals surface area contributed by atoms with Gasteiger partial charge in [-0.1, -0.05) is 17.7 Å². The minimum absolute atomic E-state index is 0.302. The van der Waals surface area contributed by atoms with Gasteiger partial charge in [-0.25, -0.2) is 0 Å². The van der Waals surface area contributed by atoms with Crippen molar-refractivity contribution < 1.29 is 5.11 Å². The molecule has 3 rings (SSSR count). The molecule has 3 nitrogen and oxygen atoms in total. The molecule has 1 aliphatic heterocycles. The van der Waals surface area contributed by atoms with Crippen LogP contribution in [0.1, 0.15) is 23.1 Å². The molecule has 18 heavy (non-hydrogen) atoms. The quantitative estimate of drug-likeness (QED) is 0.859. The number of hydrogen-bond donors (Lipinski definition) is 2. The van der Waals surface area contributed by atoms with Crippen LogP contribution in [-0.2, 0) is 19.4 Å². The fraction of sp³-hybridized carbons (Fsp3) is 0.571. The third-order valence-electron chi connectivity index (χ3n) is 3.99. The lowest BCUT2D eigenvalue weighted by molar-refractivity contribution is 0.230. The smallest absolute Gasteiger partial charge is 0.138 e. The number of halogens is 1. The summed E-state index contributed by atoms with van der Waals surface area (Å²) in [5, 5.41) is 14.1. The van der Waals surface area contributed by atoms with E-state index < -0.39 is 0 Å². The van der Waals surface area contributed by atoms with Crippen LogP contribution >= 0.6 is 11.6 Å². The van der Waals surface area contributed by atoms with Gasteiger partial charge in [0.1, 0.15) is 5.75 Å². The number of nitrogens with one attached hydrogen (secondary N) is 1. The summed E-state index contributed by atoms with van der Waals surface area (Å²) in [6.07, 6.45) is 3.27. The van der Waals surface area contributed by atoms with Gasteiger partial charge in [0, 0.05) is 38.3 Å². The van der Waals surface area contributed by atoms with Crippen molar-refractivity contribution in [3.05, 3.63) is 27.8 Å². The Labute approximate surface area is 113 Å². The Balaban J connectivity index is 1.85. The molecular weight excluding hydrogens is 248 g/mol. The zero-order valence-electron chi connectivity index (χ0n) is 10.5. The highest BCUT2D eigenvalue weighted by Gasteiger charge is 2.21. The number of hydrogen-bond acceptors (Lipinski definition) is 3. The van der Waals surface area contributed by atoms with Gasteiger partial charge in [0.05, 0.1) is 5.02 Å². The molecule has 0 radical (unpaired) electrons. The fourth-order valence-corrected chi connectivity index (χ4v) is 3.31.